The van der Waals surface area contributed by atoms with E-state index in [1.54, 1.807) is 24.7 Å². The molecule has 0 atom stereocenters. The highest BCUT2D eigenvalue weighted by atomic mass is 16.5. The molecule has 0 N–H and O–H groups in total. The molecule has 3 aromatic rings. The van der Waals surface area contributed by atoms with Crippen molar-refractivity contribution in [3.63, 3.8) is 0 Å². The van der Waals surface area contributed by atoms with Crippen molar-refractivity contribution in [1.29, 1.82) is 0 Å². The molecule has 0 radical (unpaired) electrons. The second kappa shape index (κ2) is 8.10. The minimum Gasteiger partial charge on any atom is -0.491 e. The summed E-state index contributed by atoms with van der Waals surface area (Å²) in [5.74, 6) is 1.77. The molecule has 6 heteroatoms. The van der Waals surface area contributed by atoms with Crippen molar-refractivity contribution in [1.82, 2.24) is 14.6 Å². The molecule has 6 nitrogen and oxygen atoms in total. The average molecular weight is 381 g/mol. The molecule has 0 amide bonds. The van der Waals surface area contributed by atoms with Crippen LogP contribution in [0.15, 0.2) is 24.4 Å². The van der Waals surface area contributed by atoms with Crippen LogP contribution in [0.3, 0.4) is 0 Å². The number of ketones is 1. The second-order valence-corrected chi connectivity index (χ2v) is 7.36. The van der Waals surface area contributed by atoms with Gasteiger partial charge < -0.3 is 9.47 Å². The first-order chi connectivity index (χ1) is 13.3. The normalized spacial score (nSPS) is 11.4. The summed E-state index contributed by atoms with van der Waals surface area (Å²) in [5, 5.41) is 4.58. The van der Waals surface area contributed by atoms with Crippen molar-refractivity contribution >= 4 is 11.4 Å². The molecule has 148 valence electrons. The Morgan fingerprint density at radius 3 is 2.39 bits per heavy atom. The molecular weight excluding hydrogens is 354 g/mol. The van der Waals surface area contributed by atoms with Gasteiger partial charge in [0.1, 0.15) is 12.4 Å². The smallest absolute Gasteiger partial charge is 0.163 e. The lowest BCUT2D eigenvalue weighted by Crippen LogP contribution is -2.05. The van der Waals surface area contributed by atoms with E-state index >= 15 is 0 Å². The van der Waals surface area contributed by atoms with Gasteiger partial charge in [-0.15, -0.1) is 0 Å². The van der Waals surface area contributed by atoms with Gasteiger partial charge in [0, 0.05) is 30.4 Å². The van der Waals surface area contributed by atoms with Crippen LogP contribution in [0, 0.1) is 13.8 Å². The molecule has 0 spiro atoms. The molecule has 2 aromatic heterocycles. The van der Waals surface area contributed by atoms with Gasteiger partial charge >= 0.3 is 0 Å². The zero-order valence-corrected chi connectivity index (χ0v) is 17.4. The first-order valence-electron chi connectivity index (χ1n) is 9.46. The number of carbonyl (C=O) groups excluding carboxylic acids is 1. The predicted octanol–water partition coefficient (Wildman–Crippen LogP) is 4.36. The highest BCUT2D eigenvalue weighted by molar-refractivity contribution is 5.97. The molecule has 2 heterocycles. The molecule has 1 aromatic carbocycles. The Bertz CT molecular complexity index is 998. The Balaban J connectivity index is 2.17. The van der Waals surface area contributed by atoms with E-state index in [1.165, 1.54) is 0 Å². The van der Waals surface area contributed by atoms with Gasteiger partial charge in [-0.25, -0.2) is 9.50 Å². The lowest BCUT2D eigenvalue weighted by molar-refractivity contribution is 0.101. The lowest BCUT2D eigenvalue weighted by Gasteiger charge is -2.15. The van der Waals surface area contributed by atoms with Crippen molar-refractivity contribution in [2.45, 2.75) is 40.5 Å². The molecule has 0 fully saturated rings. The lowest BCUT2D eigenvalue weighted by atomic mass is 9.94. The molecule has 28 heavy (non-hydrogen) atoms. The third-order valence-corrected chi connectivity index (χ3v) is 4.70. The van der Waals surface area contributed by atoms with E-state index in [4.69, 9.17) is 14.5 Å². The van der Waals surface area contributed by atoms with Crippen molar-refractivity contribution in [3.8, 4) is 16.9 Å². The van der Waals surface area contributed by atoms with Crippen molar-refractivity contribution in [3.05, 3.63) is 46.9 Å². The first kappa shape index (κ1) is 20.0. The van der Waals surface area contributed by atoms with Crippen LogP contribution >= 0.6 is 0 Å². The van der Waals surface area contributed by atoms with E-state index in [9.17, 15) is 4.79 Å². The second-order valence-electron chi connectivity index (χ2n) is 7.36. The number of aryl methyl sites for hydroxylation is 2. The van der Waals surface area contributed by atoms with Crippen LogP contribution < -0.4 is 4.74 Å². The van der Waals surface area contributed by atoms with Crippen LogP contribution in [0.5, 0.6) is 5.75 Å². The largest absolute Gasteiger partial charge is 0.491 e. The zero-order valence-electron chi connectivity index (χ0n) is 17.4. The number of rotatable bonds is 7. The minimum absolute atomic E-state index is 0.000396. The van der Waals surface area contributed by atoms with Crippen LogP contribution in [0.2, 0.25) is 0 Å². The van der Waals surface area contributed by atoms with Gasteiger partial charge in [0.15, 0.2) is 17.3 Å². The van der Waals surface area contributed by atoms with Crippen LogP contribution in [0.4, 0.5) is 0 Å². The van der Waals surface area contributed by atoms with E-state index in [2.05, 4.69) is 18.9 Å². The predicted molar refractivity (Wildman–Crippen MR) is 109 cm³/mol. The van der Waals surface area contributed by atoms with Gasteiger partial charge in [0.05, 0.1) is 6.61 Å². The number of ether oxygens (including phenoxy) is 2. The fourth-order valence-corrected chi connectivity index (χ4v) is 3.30. The molecule has 0 bridgehead atoms. The number of aromatic nitrogens is 3. The highest BCUT2D eigenvalue weighted by Crippen LogP contribution is 2.34. The standard InChI is InChI=1S/C22H27N3O3/c1-13(2)21-23-22-19(11-17(16(5)26)12-25(22)24-21)20-14(3)9-18(10-15(20)4)28-8-7-27-6/h9-13H,7-8H2,1-6H3. The zero-order chi connectivity index (χ0) is 20.4. The van der Waals surface area contributed by atoms with E-state index < -0.39 is 0 Å². The Morgan fingerprint density at radius 1 is 1.14 bits per heavy atom. The van der Waals surface area contributed by atoms with Crippen molar-refractivity contribution < 1.29 is 14.3 Å². The number of nitrogens with zero attached hydrogens (tertiary/aromatic N) is 3. The molecule has 0 saturated carbocycles. The number of benzene rings is 1. The Hall–Kier alpha value is -2.73. The van der Waals surface area contributed by atoms with Gasteiger partial charge in [0.2, 0.25) is 0 Å². The number of pyridine rings is 1. The van der Waals surface area contributed by atoms with Crippen LogP contribution in [-0.4, -0.2) is 40.7 Å². The Kier molecular flexibility index (Phi) is 5.79. The highest BCUT2D eigenvalue weighted by Gasteiger charge is 2.18. The van der Waals surface area contributed by atoms with Crippen LogP contribution in [0.1, 0.15) is 54.0 Å². The van der Waals surface area contributed by atoms with E-state index in [0.717, 1.165) is 39.5 Å². The van der Waals surface area contributed by atoms with Gasteiger partial charge in [-0.05, 0) is 55.7 Å². The van der Waals surface area contributed by atoms with Gasteiger partial charge in [0.25, 0.3) is 0 Å². The summed E-state index contributed by atoms with van der Waals surface area (Å²) in [7, 11) is 1.65. The summed E-state index contributed by atoms with van der Waals surface area (Å²) in [4.78, 5) is 16.8. The molecular formula is C22H27N3O3. The summed E-state index contributed by atoms with van der Waals surface area (Å²) >= 11 is 0. The maximum atomic E-state index is 12.1. The number of hydrogen-bond acceptors (Lipinski definition) is 5. The fourth-order valence-electron chi connectivity index (χ4n) is 3.30. The quantitative estimate of drug-likeness (QED) is 0.449. The van der Waals surface area contributed by atoms with Crippen LogP contribution in [0.25, 0.3) is 16.8 Å². The van der Waals surface area contributed by atoms with E-state index in [-0.39, 0.29) is 11.7 Å². The van der Waals surface area contributed by atoms with Gasteiger partial charge in [-0.2, -0.15) is 5.10 Å². The third kappa shape index (κ3) is 3.92. The summed E-state index contributed by atoms with van der Waals surface area (Å²) in [6, 6.07) is 5.93. The van der Waals surface area contributed by atoms with Gasteiger partial charge in [-0.3, -0.25) is 4.79 Å². The van der Waals surface area contributed by atoms with Crippen molar-refractivity contribution in [2.24, 2.45) is 0 Å². The molecule has 0 aliphatic carbocycles. The SMILES string of the molecule is COCCOc1cc(C)c(-c2cc(C(C)=O)cn3nc(C(C)C)nc23)c(C)c1. The summed E-state index contributed by atoms with van der Waals surface area (Å²) in [6.07, 6.45) is 1.76. The number of hydrogen-bond donors (Lipinski definition) is 0. The molecule has 0 aliphatic heterocycles. The molecule has 0 aliphatic rings. The Labute approximate surface area is 165 Å². The Morgan fingerprint density at radius 2 is 1.82 bits per heavy atom. The summed E-state index contributed by atoms with van der Waals surface area (Å²) < 4.78 is 12.5. The molecule has 0 saturated heterocycles. The summed E-state index contributed by atoms with van der Waals surface area (Å²) in [5.41, 5.74) is 5.45. The molecule has 0 unspecified atom stereocenters. The molecule has 3 rings (SSSR count). The van der Waals surface area contributed by atoms with E-state index in [0.29, 0.717) is 18.8 Å². The number of methoxy groups -OCH3 is 1. The summed E-state index contributed by atoms with van der Waals surface area (Å²) in [6.45, 7) is 10.8. The van der Waals surface area contributed by atoms with Crippen LogP contribution in [-0.2, 0) is 4.74 Å². The number of Topliss-reactive ketones (excluding diaryl/α,β-unsaturated/α-hetero) is 1. The maximum Gasteiger partial charge on any atom is 0.163 e. The van der Waals surface area contributed by atoms with Crippen molar-refractivity contribution in [2.75, 3.05) is 20.3 Å². The fraction of sp³-hybridized carbons (Fsp3) is 0.409. The third-order valence-electron chi connectivity index (χ3n) is 4.70. The van der Waals surface area contributed by atoms with Gasteiger partial charge in [-0.1, -0.05) is 13.8 Å². The first-order valence-corrected chi connectivity index (χ1v) is 9.46. The average Bonchev–Trinajstić information content (AvgIpc) is 3.06. The minimum atomic E-state index is -0.000396. The van der Waals surface area contributed by atoms with E-state index in [1.807, 2.05) is 32.0 Å². The topological polar surface area (TPSA) is 65.7 Å². The monoisotopic (exact) mass is 381 g/mol. The number of carbonyl (C=O) groups is 1. The number of fused-ring (bicyclic) bond motifs is 1. The maximum absolute atomic E-state index is 12.1.